The smallest absolute Gasteiger partial charge is 0.251 e. The molecule has 5 aromatic rings. The second-order valence-corrected chi connectivity index (χ2v) is 13.6. The molecule has 5 rings (SSSR count). The van der Waals surface area contributed by atoms with E-state index in [0.717, 1.165) is 44.4 Å². The highest BCUT2D eigenvalue weighted by molar-refractivity contribution is 7.84. The lowest BCUT2D eigenvalue weighted by atomic mass is 9.80. The highest BCUT2D eigenvalue weighted by Gasteiger charge is 2.42. The van der Waals surface area contributed by atoms with Crippen LogP contribution < -0.4 is 10.3 Å². The van der Waals surface area contributed by atoms with Crippen molar-refractivity contribution >= 4 is 33.5 Å². The van der Waals surface area contributed by atoms with Crippen LogP contribution in [-0.2, 0) is 30.6 Å². The summed E-state index contributed by atoms with van der Waals surface area (Å²) in [6, 6.07) is 23.5. The fraction of sp³-hybridized carbons (Fsp3) is 0.250. The lowest BCUT2D eigenvalue weighted by molar-refractivity contribution is 0.528. The lowest BCUT2D eigenvalue weighted by Gasteiger charge is -2.38. The number of nitrogens with one attached hydrogen (secondary N) is 1. The maximum Gasteiger partial charge on any atom is 0.251 e. The fourth-order valence-corrected chi connectivity index (χ4v) is 6.15. The van der Waals surface area contributed by atoms with Gasteiger partial charge in [0.05, 0.1) is 39.5 Å². The molecule has 0 saturated carbocycles. The average molecular weight is 573 g/mol. The van der Waals surface area contributed by atoms with Crippen molar-refractivity contribution in [1.29, 1.82) is 0 Å². The van der Waals surface area contributed by atoms with Crippen LogP contribution in [0.15, 0.2) is 90.1 Å². The molecule has 0 amide bonds. The minimum Gasteiger partial charge on any atom is -0.335 e. The number of fused-ring (bicyclic) bond motifs is 1. The van der Waals surface area contributed by atoms with Crippen LogP contribution in [0.25, 0.3) is 22.0 Å². The summed E-state index contributed by atoms with van der Waals surface area (Å²) in [5, 5.41) is 1.47. The van der Waals surface area contributed by atoms with Crippen LogP contribution in [0.1, 0.15) is 43.2 Å². The third kappa shape index (κ3) is 4.94. The van der Waals surface area contributed by atoms with Crippen LogP contribution in [0.3, 0.4) is 0 Å². The van der Waals surface area contributed by atoms with Gasteiger partial charge in [-0.05, 0) is 74.2 Å². The van der Waals surface area contributed by atoms with E-state index < -0.39 is 21.3 Å². The first-order chi connectivity index (χ1) is 18.9. The number of benzene rings is 3. The van der Waals surface area contributed by atoms with E-state index >= 15 is 0 Å². The Morgan fingerprint density at radius 2 is 1.62 bits per heavy atom. The molecule has 0 fully saturated rings. The molecule has 40 heavy (non-hydrogen) atoms. The van der Waals surface area contributed by atoms with E-state index in [0.29, 0.717) is 5.02 Å². The van der Waals surface area contributed by atoms with Gasteiger partial charge in [0.15, 0.2) is 0 Å². The quantitative estimate of drug-likeness (QED) is 0.262. The highest BCUT2D eigenvalue weighted by atomic mass is 35.5. The van der Waals surface area contributed by atoms with Crippen LogP contribution in [0.4, 0.5) is 0 Å². The number of halogens is 1. The van der Waals surface area contributed by atoms with Crippen LogP contribution in [-0.4, -0.2) is 23.1 Å². The number of nitrogens with zero attached hydrogens (tertiary/aromatic N) is 3. The van der Waals surface area contributed by atoms with Gasteiger partial charge in [-0.15, -0.1) is 0 Å². The third-order valence-electron chi connectivity index (χ3n) is 7.30. The maximum atomic E-state index is 13.9. The minimum atomic E-state index is -1.46. The standard InChI is InChI=1S/C32H33ClN4O2S/c1-21-10-12-23(13-11-21)32(29-19-34-20-36(29)5,35-40(39)31(2,3)4)24-14-15-28-27(17-24)26(18-30(38)37(28)6)22-8-7-9-25(33)16-22/h7-20,35H,1-6H3/t32-,40?/m1/s1. The molecule has 0 spiro atoms. The van der Waals surface area contributed by atoms with E-state index in [1.165, 1.54) is 0 Å². The van der Waals surface area contributed by atoms with Gasteiger partial charge in [-0.2, -0.15) is 0 Å². The monoisotopic (exact) mass is 572 g/mol. The first kappa shape index (κ1) is 28.0. The Morgan fingerprint density at radius 1 is 0.925 bits per heavy atom. The zero-order valence-corrected chi connectivity index (χ0v) is 25.1. The van der Waals surface area contributed by atoms with Crippen molar-refractivity contribution < 1.29 is 4.21 Å². The van der Waals surface area contributed by atoms with E-state index in [-0.39, 0.29) is 5.56 Å². The van der Waals surface area contributed by atoms with E-state index in [2.05, 4.69) is 40.0 Å². The first-order valence-corrected chi connectivity index (χ1v) is 14.6. The lowest BCUT2D eigenvalue weighted by Crippen LogP contribution is -2.50. The number of pyridine rings is 1. The molecule has 2 atom stereocenters. The highest BCUT2D eigenvalue weighted by Crippen LogP contribution is 2.40. The van der Waals surface area contributed by atoms with Crippen LogP contribution in [0, 0.1) is 6.92 Å². The van der Waals surface area contributed by atoms with E-state index in [9.17, 15) is 9.00 Å². The molecular weight excluding hydrogens is 540 g/mol. The molecule has 2 aromatic heterocycles. The predicted molar refractivity (Wildman–Crippen MR) is 165 cm³/mol. The predicted octanol–water partition coefficient (Wildman–Crippen LogP) is 6.24. The van der Waals surface area contributed by atoms with Gasteiger partial charge in [-0.1, -0.05) is 59.6 Å². The molecule has 1 unspecified atom stereocenters. The van der Waals surface area contributed by atoms with Gasteiger partial charge < -0.3 is 9.13 Å². The number of rotatable bonds is 6. The van der Waals surface area contributed by atoms with Gasteiger partial charge in [-0.3, -0.25) is 4.79 Å². The summed E-state index contributed by atoms with van der Waals surface area (Å²) in [4.78, 5) is 17.5. The van der Waals surface area contributed by atoms with E-state index in [1.807, 2.05) is 81.9 Å². The minimum absolute atomic E-state index is 0.112. The van der Waals surface area contributed by atoms with Crippen molar-refractivity contribution in [2.24, 2.45) is 14.1 Å². The summed E-state index contributed by atoms with van der Waals surface area (Å²) in [5.41, 5.74) is 5.02. The number of hydrogen-bond donors (Lipinski definition) is 1. The van der Waals surface area contributed by atoms with Crippen molar-refractivity contribution in [3.8, 4) is 11.1 Å². The van der Waals surface area contributed by atoms with Gasteiger partial charge in [0, 0.05) is 30.6 Å². The summed E-state index contributed by atoms with van der Waals surface area (Å²) in [6.45, 7) is 7.90. The Labute approximate surface area is 242 Å². The number of hydrogen-bond acceptors (Lipinski definition) is 3. The normalized spacial score (nSPS) is 14.3. The molecule has 3 aromatic carbocycles. The van der Waals surface area contributed by atoms with Crippen LogP contribution >= 0.6 is 11.6 Å². The summed E-state index contributed by atoms with van der Waals surface area (Å²) in [5.74, 6) is 0. The summed E-state index contributed by atoms with van der Waals surface area (Å²) < 4.78 is 20.5. The molecule has 8 heteroatoms. The maximum absolute atomic E-state index is 13.9. The van der Waals surface area contributed by atoms with Crippen molar-refractivity contribution in [2.45, 2.75) is 38.0 Å². The number of imidazole rings is 1. The second kappa shape index (κ2) is 10.5. The second-order valence-electron chi connectivity index (χ2n) is 11.2. The summed E-state index contributed by atoms with van der Waals surface area (Å²) in [6.07, 6.45) is 3.57. The fourth-order valence-electron chi connectivity index (χ4n) is 5.04. The van der Waals surface area contributed by atoms with Gasteiger partial charge in [0.2, 0.25) is 0 Å². The Morgan fingerprint density at radius 3 is 2.25 bits per heavy atom. The number of aromatic nitrogens is 3. The molecule has 0 saturated heterocycles. The molecule has 206 valence electrons. The van der Waals surface area contributed by atoms with Crippen LogP contribution in [0.2, 0.25) is 5.02 Å². The van der Waals surface area contributed by atoms with E-state index in [4.69, 9.17) is 11.6 Å². The van der Waals surface area contributed by atoms with Gasteiger partial charge >= 0.3 is 0 Å². The topological polar surface area (TPSA) is 68.9 Å². The molecule has 0 bridgehead atoms. The molecule has 0 radical (unpaired) electrons. The van der Waals surface area contributed by atoms with Crippen molar-refractivity contribution in [1.82, 2.24) is 18.8 Å². The molecule has 2 heterocycles. The zero-order chi connectivity index (χ0) is 28.8. The molecule has 0 aliphatic rings. The van der Waals surface area contributed by atoms with Gasteiger partial charge in [-0.25, -0.2) is 13.9 Å². The SMILES string of the molecule is Cc1ccc([C@@](NS(=O)C(C)(C)C)(c2ccc3c(c2)c(-c2cccc(Cl)c2)cc(=O)n3C)c2cncn2C)cc1. The van der Waals surface area contributed by atoms with Gasteiger partial charge in [0.1, 0.15) is 5.54 Å². The van der Waals surface area contributed by atoms with E-state index in [1.54, 1.807) is 24.0 Å². The van der Waals surface area contributed by atoms with Crippen molar-refractivity contribution in [2.75, 3.05) is 0 Å². The molecule has 6 nitrogen and oxygen atoms in total. The Kier molecular flexibility index (Phi) is 7.33. The number of aryl methyl sites for hydroxylation is 3. The third-order valence-corrected chi connectivity index (χ3v) is 9.14. The summed E-state index contributed by atoms with van der Waals surface area (Å²) >= 11 is 6.36. The zero-order valence-electron chi connectivity index (χ0n) is 23.5. The average Bonchev–Trinajstić information content (AvgIpc) is 3.35. The molecular formula is C32H33ClN4O2S. The molecule has 0 aliphatic carbocycles. The largest absolute Gasteiger partial charge is 0.335 e. The first-order valence-electron chi connectivity index (χ1n) is 13.1. The van der Waals surface area contributed by atoms with Gasteiger partial charge in [0.25, 0.3) is 5.56 Å². The van der Waals surface area contributed by atoms with Crippen molar-refractivity contribution in [3.05, 3.63) is 123 Å². The Balaban J connectivity index is 1.90. The van der Waals surface area contributed by atoms with Crippen LogP contribution in [0.5, 0.6) is 0 Å². The molecule has 1 N–H and O–H groups in total. The molecule has 0 aliphatic heterocycles. The van der Waals surface area contributed by atoms with Crippen molar-refractivity contribution in [3.63, 3.8) is 0 Å². The summed E-state index contributed by atoms with van der Waals surface area (Å²) in [7, 11) is 2.25. The Hall–Kier alpha value is -3.52. The Bertz CT molecular complexity index is 1800.